The highest BCUT2D eigenvalue weighted by atomic mass is 16.7. The third-order valence-electron chi connectivity index (χ3n) is 7.71. The molecule has 3 unspecified atom stereocenters. The average molecular weight is 473 g/mol. The van der Waals surface area contributed by atoms with Crippen molar-refractivity contribution in [2.24, 2.45) is 11.8 Å². The lowest BCUT2D eigenvalue weighted by Crippen LogP contribution is -2.31. The SMILES string of the molecule is OC1C[C@@H]2[C@@H](C=C[C@H](CCc3ccccc3)OC3CCCCO3)[C@H](OC3CCCCO3)C[C@@H]2O1. The minimum absolute atomic E-state index is 0.0267. The first kappa shape index (κ1) is 24.4. The molecule has 6 heteroatoms. The van der Waals surface area contributed by atoms with Gasteiger partial charge in [0.1, 0.15) is 0 Å². The summed E-state index contributed by atoms with van der Waals surface area (Å²) in [4.78, 5) is 0. The van der Waals surface area contributed by atoms with E-state index in [4.69, 9.17) is 23.7 Å². The predicted octanol–water partition coefficient (Wildman–Crippen LogP) is 4.74. The Kier molecular flexibility index (Phi) is 8.70. The number of rotatable bonds is 9. The van der Waals surface area contributed by atoms with Gasteiger partial charge in [-0.25, -0.2) is 0 Å². The maximum absolute atomic E-state index is 10.1. The van der Waals surface area contributed by atoms with Crippen molar-refractivity contribution >= 4 is 0 Å². The summed E-state index contributed by atoms with van der Waals surface area (Å²) < 4.78 is 30.5. The highest BCUT2D eigenvalue weighted by Gasteiger charge is 2.49. The van der Waals surface area contributed by atoms with E-state index >= 15 is 0 Å². The van der Waals surface area contributed by atoms with Gasteiger partial charge < -0.3 is 28.8 Å². The first-order chi connectivity index (χ1) is 16.7. The Morgan fingerprint density at radius 2 is 1.74 bits per heavy atom. The lowest BCUT2D eigenvalue weighted by atomic mass is 9.90. The molecule has 1 aromatic carbocycles. The van der Waals surface area contributed by atoms with Crippen molar-refractivity contribution < 1.29 is 28.8 Å². The van der Waals surface area contributed by atoms with Crippen molar-refractivity contribution in [1.82, 2.24) is 0 Å². The molecule has 0 amide bonds. The van der Waals surface area contributed by atoms with Crippen LogP contribution in [0.4, 0.5) is 0 Å². The number of fused-ring (bicyclic) bond motifs is 1. The monoisotopic (exact) mass is 472 g/mol. The summed E-state index contributed by atoms with van der Waals surface area (Å²) in [6.07, 6.45) is 13.4. The Hall–Kier alpha value is -1.28. The van der Waals surface area contributed by atoms with Gasteiger partial charge in [-0.3, -0.25) is 0 Å². The first-order valence-corrected chi connectivity index (χ1v) is 13.3. The molecular weight excluding hydrogens is 432 g/mol. The lowest BCUT2D eigenvalue weighted by molar-refractivity contribution is -0.196. The van der Waals surface area contributed by atoms with E-state index in [0.29, 0.717) is 6.42 Å². The molecule has 5 rings (SSSR count). The van der Waals surface area contributed by atoms with Crippen LogP contribution < -0.4 is 0 Å². The minimum Gasteiger partial charge on any atom is -0.368 e. The van der Waals surface area contributed by atoms with Crippen LogP contribution in [0.25, 0.3) is 0 Å². The third-order valence-corrected chi connectivity index (χ3v) is 7.71. The third kappa shape index (κ3) is 6.48. The molecule has 1 aromatic rings. The number of hydrogen-bond acceptors (Lipinski definition) is 6. The van der Waals surface area contributed by atoms with E-state index in [0.717, 1.165) is 71.0 Å². The number of hydrogen-bond donors (Lipinski definition) is 1. The molecule has 1 aliphatic carbocycles. The van der Waals surface area contributed by atoms with Crippen molar-refractivity contribution in [3.05, 3.63) is 48.0 Å². The summed E-state index contributed by atoms with van der Waals surface area (Å²) in [7, 11) is 0. The van der Waals surface area contributed by atoms with E-state index in [1.807, 2.05) is 0 Å². The zero-order valence-electron chi connectivity index (χ0n) is 20.1. The van der Waals surface area contributed by atoms with Crippen LogP contribution in [0.2, 0.25) is 0 Å². The van der Waals surface area contributed by atoms with E-state index in [1.54, 1.807) is 0 Å². The Balaban J connectivity index is 1.27. The molecule has 0 bridgehead atoms. The molecule has 0 spiro atoms. The molecule has 4 aliphatic rings. The molecule has 3 saturated heterocycles. The van der Waals surface area contributed by atoms with Crippen LogP contribution in [0.3, 0.4) is 0 Å². The van der Waals surface area contributed by atoms with Crippen molar-refractivity contribution in [2.75, 3.05) is 13.2 Å². The zero-order chi connectivity index (χ0) is 23.2. The molecule has 6 nitrogen and oxygen atoms in total. The number of benzene rings is 1. The molecular formula is C28H40O6. The highest BCUT2D eigenvalue weighted by Crippen LogP contribution is 2.45. The summed E-state index contributed by atoms with van der Waals surface area (Å²) in [5.41, 5.74) is 1.32. The van der Waals surface area contributed by atoms with Gasteiger partial charge in [-0.1, -0.05) is 42.5 Å². The number of aryl methyl sites for hydroxylation is 1. The molecule has 1 N–H and O–H groups in total. The van der Waals surface area contributed by atoms with E-state index in [9.17, 15) is 5.11 Å². The predicted molar refractivity (Wildman–Crippen MR) is 128 cm³/mol. The normalized spacial score (nSPS) is 37.1. The van der Waals surface area contributed by atoms with Crippen LogP contribution >= 0.6 is 0 Å². The van der Waals surface area contributed by atoms with Crippen LogP contribution in [0, 0.1) is 11.8 Å². The second kappa shape index (κ2) is 12.1. The molecule has 34 heavy (non-hydrogen) atoms. The van der Waals surface area contributed by atoms with E-state index in [-0.39, 0.29) is 42.7 Å². The van der Waals surface area contributed by atoms with Gasteiger partial charge in [-0.2, -0.15) is 0 Å². The molecule has 1 saturated carbocycles. The van der Waals surface area contributed by atoms with Crippen LogP contribution in [0.15, 0.2) is 42.5 Å². The molecule has 0 radical (unpaired) electrons. The van der Waals surface area contributed by atoms with Crippen LogP contribution in [-0.4, -0.2) is 55.5 Å². The summed E-state index contributed by atoms with van der Waals surface area (Å²) in [6, 6.07) is 10.6. The van der Waals surface area contributed by atoms with E-state index < -0.39 is 6.29 Å². The Morgan fingerprint density at radius 3 is 2.47 bits per heavy atom. The fourth-order valence-electron chi connectivity index (χ4n) is 5.90. The number of aliphatic hydroxyl groups is 1. The standard InChI is InChI=1S/C28H40O6/c29-26-18-23-22(24(19-25(23)33-26)34-28-11-5-7-17-31-28)15-14-21(32-27-10-4-6-16-30-27)13-12-20-8-2-1-3-9-20/h1-3,8-9,14-15,21-29H,4-7,10-13,16-19H2/t21-,22+,23+,24+,25-,26?,27?,28?/m0/s1. The van der Waals surface area contributed by atoms with Gasteiger partial charge in [0.2, 0.25) is 0 Å². The fraction of sp³-hybridized carbons (Fsp3) is 0.714. The van der Waals surface area contributed by atoms with Crippen molar-refractivity contribution in [3.63, 3.8) is 0 Å². The van der Waals surface area contributed by atoms with Gasteiger partial charge in [0.15, 0.2) is 18.9 Å². The van der Waals surface area contributed by atoms with Gasteiger partial charge in [0, 0.05) is 32.0 Å². The Bertz CT molecular complexity index is 757. The van der Waals surface area contributed by atoms with Gasteiger partial charge in [0.05, 0.1) is 18.3 Å². The Labute approximate surface area is 203 Å². The summed E-state index contributed by atoms with van der Waals surface area (Å²) >= 11 is 0. The lowest BCUT2D eigenvalue weighted by Gasteiger charge is -2.30. The quantitative estimate of drug-likeness (QED) is 0.524. The first-order valence-electron chi connectivity index (χ1n) is 13.3. The van der Waals surface area contributed by atoms with Gasteiger partial charge in [-0.15, -0.1) is 0 Å². The zero-order valence-corrected chi connectivity index (χ0v) is 20.1. The molecule has 188 valence electrons. The minimum atomic E-state index is -0.668. The maximum Gasteiger partial charge on any atom is 0.158 e. The van der Waals surface area contributed by atoms with E-state index in [2.05, 4.69) is 42.5 Å². The van der Waals surface area contributed by atoms with Crippen LogP contribution in [0.1, 0.15) is 63.4 Å². The van der Waals surface area contributed by atoms with Crippen molar-refractivity contribution in [1.29, 1.82) is 0 Å². The summed E-state index contributed by atoms with van der Waals surface area (Å²) in [6.45, 7) is 1.55. The van der Waals surface area contributed by atoms with Gasteiger partial charge >= 0.3 is 0 Å². The summed E-state index contributed by atoms with van der Waals surface area (Å²) in [5.74, 6) is 0.448. The smallest absolute Gasteiger partial charge is 0.158 e. The molecule has 0 aromatic heterocycles. The second-order valence-electron chi connectivity index (χ2n) is 10.2. The van der Waals surface area contributed by atoms with Gasteiger partial charge in [-0.05, 0) is 62.8 Å². The molecule has 3 aliphatic heterocycles. The van der Waals surface area contributed by atoms with Crippen LogP contribution in [0.5, 0.6) is 0 Å². The van der Waals surface area contributed by atoms with E-state index in [1.165, 1.54) is 5.56 Å². The van der Waals surface area contributed by atoms with Gasteiger partial charge in [0.25, 0.3) is 0 Å². The Morgan fingerprint density at radius 1 is 0.971 bits per heavy atom. The van der Waals surface area contributed by atoms with Crippen molar-refractivity contribution in [3.8, 4) is 0 Å². The average Bonchev–Trinajstić information content (AvgIpc) is 3.38. The molecule has 4 fully saturated rings. The number of aliphatic hydroxyl groups excluding tert-OH is 1. The highest BCUT2D eigenvalue weighted by molar-refractivity contribution is 5.15. The fourth-order valence-corrected chi connectivity index (χ4v) is 5.90. The maximum atomic E-state index is 10.1. The second-order valence-corrected chi connectivity index (χ2v) is 10.2. The molecule has 3 heterocycles. The number of ether oxygens (including phenoxy) is 5. The topological polar surface area (TPSA) is 66.4 Å². The van der Waals surface area contributed by atoms with Crippen LogP contribution in [-0.2, 0) is 30.1 Å². The largest absolute Gasteiger partial charge is 0.368 e. The van der Waals surface area contributed by atoms with Crippen molar-refractivity contribution in [2.45, 2.75) is 101 Å². The summed E-state index contributed by atoms with van der Waals surface area (Å²) in [5, 5.41) is 10.1. The molecule has 8 atom stereocenters.